The number of halogens is 3. The van der Waals surface area contributed by atoms with Crippen LogP contribution >= 0.6 is 23.2 Å². The fraction of sp³-hybridized carbons (Fsp3) is 0.300. The molecule has 0 fully saturated rings. The summed E-state index contributed by atoms with van der Waals surface area (Å²) in [5.74, 6) is 0.0226. The summed E-state index contributed by atoms with van der Waals surface area (Å²) in [6, 6.07) is 6.41. The van der Waals surface area contributed by atoms with Crippen LogP contribution in [-0.2, 0) is 4.74 Å². The molecule has 0 aliphatic heterocycles. The number of hydrogen-bond donors (Lipinski definition) is 1. The second-order valence-electron chi connectivity index (χ2n) is 6.10. The van der Waals surface area contributed by atoms with Crippen LogP contribution in [0.5, 0.6) is 0 Å². The van der Waals surface area contributed by atoms with Gasteiger partial charge in [0.15, 0.2) is 0 Å². The van der Waals surface area contributed by atoms with Crippen molar-refractivity contribution in [3.63, 3.8) is 0 Å². The Hall–Kier alpha value is -1.84. The van der Waals surface area contributed by atoms with E-state index in [0.29, 0.717) is 44.8 Å². The monoisotopic (exact) mass is 395 g/mol. The zero-order valence-corrected chi connectivity index (χ0v) is 16.6. The van der Waals surface area contributed by atoms with Gasteiger partial charge in [-0.2, -0.15) is 0 Å². The third kappa shape index (κ3) is 4.46. The highest BCUT2D eigenvalue weighted by Crippen LogP contribution is 2.38. The second-order valence-corrected chi connectivity index (χ2v) is 6.91. The van der Waals surface area contributed by atoms with E-state index in [0.717, 1.165) is 5.56 Å². The van der Waals surface area contributed by atoms with Crippen molar-refractivity contribution in [2.45, 2.75) is 33.2 Å². The smallest absolute Gasteiger partial charge is 0.436 e. The van der Waals surface area contributed by atoms with Crippen LogP contribution in [0.2, 0.25) is 10.0 Å². The highest BCUT2D eigenvalue weighted by atomic mass is 35.5. The van der Waals surface area contributed by atoms with E-state index in [9.17, 15) is 4.39 Å². The maximum Gasteiger partial charge on any atom is 0.462 e. The minimum Gasteiger partial charge on any atom is -0.436 e. The fourth-order valence-corrected chi connectivity index (χ4v) is 3.63. The zero-order valence-electron chi connectivity index (χ0n) is 15.1. The van der Waals surface area contributed by atoms with Crippen LogP contribution in [0.25, 0.3) is 11.1 Å². The molecule has 2 aromatic carbocycles. The third-order valence-electron chi connectivity index (χ3n) is 4.04. The van der Waals surface area contributed by atoms with Crippen molar-refractivity contribution >= 4 is 35.8 Å². The molecule has 26 heavy (non-hydrogen) atoms. The Morgan fingerprint density at radius 2 is 1.85 bits per heavy atom. The van der Waals surface area contributed by atoms with Crippen molar-refractivity contribution in [1.29, 1.82) is 0 Å². The number of hydrogen-bond acceptors (Lipinski definition) is 2. The predicted molar refractivity (Wildman–Crippen MR) is 109 cm³/mol. The SMILES string of the molecule is C=[N+]=C(C[C@H](N)c1cc(-c2c(Cl)cc(C)cc2Cl)cc(C)c1F)OCC. The Morgan fingerprint density at radius 3 is 2.38 bits per heavy atom. The molecule has 0 heterocycles. The maximum atomic E-state index is 14.7. The summed E-state index contributed by atoms with van der Waals surface area (Å²) >= 11 is 12.8. The molecule has 2 aromatic rings. The molecule has 0 unspecified atom stereocenters. The Bertz CT molecular complexity index is 853. The molecular formula is C20H22Cl2FN2O+. The van der Waals surface area contributed by atoms with Gasteiger partial charge in [-0.1, -0.05) is 27.9 Å². The van der Waals surface area contributed by atoms with Gasteiger partial charge in [-0.05, 0) is 61.7 Å². The number of ether oxygens (including phenoxy) is 1. The number of rotatable bonds is 5. The molecule has 0 bridgehead atoms. The second kappa shape index (κ2) is 8.70. The van der Waals surface area contributed by atoms with Crippen molar-refractivity contribution in [1.82, 2.24) is 4.67 Å². The van der Waals surface area contributed by atoms with Gasteiger partial charge in [0, 0.05) is 17.2 Å². The van der Waals surface area contributed by atoms with Gasteiger partial charge in [0.05, 0.1) is 16.7 Å². The van der Waals surface area contributed by atoms with Crippen molar-refractivity contribution in [2.24, 2.45) is 5.73 Å². The van der Waals surface area contributed by atoms with Crippen LogP contribution in [0.15, 0.2) is 24.3 Å². The Labute approximate surface area is 163 Å². The Balaban J connectivity index is 2.52. The van der Waals surface area contributed by atoms with Crippen LogP contribution < -0.4 is 10.4 Å². The third-order valence-corrected chi connectivity index (χ3v) is 4.64. The number of nitrogens with zero attached hydrogens (tertiary/aromatic N) is 1. The molecule has 6 heteroatoms. The minimum absolute atomic E-state index is 0.243. The lowest BCUT2D eigenvalue weighted by molar-refractivity contribution is 0.313. The van der Waals surface area contributed by atoms with Gasteiger partial charge >= 0.3 is 5.90 Å². The highest BCUT2D eigenvalue weighted by Gasteiger charge is 2.23. The molecule has 0 aliphatic rings. The van der Waals surface area contributed by atoms with E-state index in [1.54, 1.807) is 19.1 Å². The first-order valence-corrected chi connectivity index (χ1v) is 9.01. The van der Waals surface area contributed by atoms with E-state index in [-0.39, 0.29) is 12.2 Å². The standard InChI is InChI=1S/C20H22Cl2FN2O/c1-5-26-18(25-4)10-17(24)14-9-13(8-12(3)20(14)23)19-15(21)6-11(2)7-16(19)22/h6-9,17H,4-5,10,24H2,1-3H3/q+1/t17-/m0/s1. The Kier molecular flexibility index (Phi) is 6.85. The lowest BCUT2D eigenvalue weighted by Gasteiger charge is -2.16. The first-order chi connectivity index (χ1) is 12.3. The topological polar surface area (TPSA) is 49.4 Å². The molecular weight excluding hydrogens is 374 g/mol. The molecule has 0 saturated heterocycles. The van der Waals surface area contributed by atoms with Crippen LogP contribution in [0.4, 0.5) is 4.39 Å². The molecule has 0 aliphatic carbocycles. The summed E-state index contributed by atoms with van der Waals surface area (Å²) in [4.78, 5) is 0. The molecule has 0 amide bonds. The van der Waals surface area contributed by atoms with E-state index in [1.807, 2.05) is 26.0 Å². The average Bonchev–Trinajstić information content (AvgIpc) is 2.56. The number of benzene rings is 2. The molecule has 0 saturated carbocycles. The van der Waals surface area contributed by atoms with Gasteiger partial charge in [0.2, 0.25) is 0 Å². The first-order valence-electron chi connectivity index (χ1n) is 8.25. The molecule has 2 N–H and O–H groups in total. The Morgan fingerprint density at radius 1 is 1.23 bits per heavy atom. The fourth-order valence-electron chi connectivity index (χ4n) is 2.82. The minimum atomic E-state index is -0.635. The largest absolute Gasteiger partial charge is 0.462 e. The molecule has 0 radical (unpaired) electrons. The van der Waals surface area contributed by atoms with E-state index >= 15 is 0 Å². The van der Waals surface area contributed by atoms with Crippen molar-refractivity contribution < 1.29 is 9.13 Å². The number of aryl methyl sites for hydroxylation is 2. The van der Waals surface area contributed by atoms with Crippen LogP contribution in [0, 0.1) is 19.7 Å². The summed E-state index contributed by atoms with van der Waals surface area (Å²) in [5, 5.41) is 1.02. The van der Waals surface area contributed by atoms with Crippen LogP contribution in [-0.4, -0.2) is 19.2 Å². The maximum absolute atomic E-state index is 14.7. The van der Waals surface area contributed by atoms with Gasteiger partial charge < -0.3 is 10.5 Å². The van der Waals surface area contributed by atoms with E-state index in [1.165, 1.54) is 0 Å². The van der Waals surface area contributed by atoms with Crippen LogP contribution in [0.3, 0.4) is 0 Å². The summed E-state index contributed by atoms with van der Waals surface area (Å²) in [6.45, 7) is 9.34. The quantitative estimate of drug-likeness (QED) is 0.439. The molecule has 0 spiro atoms. The van der Waals surface area contributed by atoms with Gasteiger partial charge in [-0.3, -0.25) is 0 Å². The zero-order chi connectivity index (χ0) is 19.4. The average molecular weight is 396 g/mol. The molecule has 1 atom stereocenters. The normalized spacial score (nSPS) is 11.8. The van der Waals surface area contributed by atoms with E-state index < -0.39 is 6.04 Å². The van der Waals surface area contributed by atoms with E-state index in [2.05, 4.69) is 11.4 Å². The first kappa shape index (κ1) is 20.5. The van der Waals surface area contributed by atoms with Gasteiger partial charge in [-0.15, -0.1) is 0 Å². The summed E-state index contributed by atoms with van der Waals surface area (Å²) in [7, 11) is 0. The van der Waals surface area contributed by atoms with Crippen LogP contribution in [0.1, 0.15) is 36.1 Å². The van der Waals surface area contributed by atoms with E-state index in [4.69, 9.17) is 33.7 Å². The van der Waals surface area contributed by atoms with Crippen molar-refractivity contribution in [3.8, 4) is 11.1 Å². The molecule has 2 rings (SSSR count). The summed E-state index contributed by atoms with van der Waals surface area (Å²) in [6.07, 6.45) is 0.243. The molecule has 3 nitrogen and oxygen atoms in total. The van der Waals surface area contributed by atoms with Gasteiger partial charge in [0.25, 0.3) is 6.72 Å². The molecule has 138 valence electrons. The molecule has 0 aromatic heterocycles. The highest BCUT2D eigenvalue weighted by molar-refractivity contribution is 6.39. The lowest BCUT2D eigenvalue weighted by Crippen LogP contribution is -2.20. The van der Waals surface area contributed by atoms with Gasteiger partial charge in [-0.25, -0.2) is 4.39 Å². The lowest BCUT2D eigenvalue weighted by atomic mass is 9.94. The van der Waals surface area contributed by atoms with Crippen molar-refractivity contribution in [3.05, 3.63) is 56.8 Å². The predicted octanol–water partition coefficient (Wildman–Crippen LogP) is 5.01. The summed E-state index contributed by atoms with van der Waals surface area (Å²) in [5.41, 5.74) is 9.37. The van der Waals surface area contributed by atoms with Crippen molar-refractivity contribution in [2.75, 3.05) is 6.61 Å². The number of nitrogens with two attached hydrogens (primary N) is 1. The van der Waals surface area contributed by atoms with Gasteiger partial charge in [0.1, 0.15) is 12.2 Å². The summed E-state index contributed by atoms with van der Waals surface area (Å²) < 4.78 is 23.9.